The summed E-state index contributed by atoms with van der Waals surface area (Å²) in [6.45, 7) is 28.6. The predicted octanol–water partition coefficient (Wildman–Crippen LogP) is 8.69. The second-order valence-electron chi connectivity index (χ2n) is 10.1. The molecule has 0 saturated carbocycles. The summed E-state index contributed by atoms with van der Waals surface area (Å²) in [5, 5.41) is 0. The molecule has 0 heteroatoms. The molecule has 0 nitrogen and oxygen atoms in total. The monoisotopic (exact) mass is 348 g/mol. The zero-order chi connectivity index (χ0) is 19.9. The number of hydrogen-bond acceptors (Lipinski definition) is 0. The first-order valence-corrected chi connectivity index (χ1v) is 10.6. The summed E-state index contributed by atoms with van der Waals surface area (Å²) in [5.74, 6) is 3.67. The molecule has 0 aliphatic heterocycles. The average molecular weight is 349 g/mol. The van der Waals surface area contributed by atoms with Gasteiger partial charge in [-0.3, -0.25) is 0 Å². The Hall–Kier alpha value is -0.520. The van der Waals surface area contributed by atoms with Gasteiger partial charge in [-0.1, -0.05) is 78.2 Å². The molecule has 0 amide bonds. The van der Waals surface area contributed by atoms with Crippen molar-refractivity contribution in [2.24, 2.45) is 35.0 Å². The van der Waals surface area contributed by atoms with Crippen molar-refractivity contribution in [3.8, 4) is 0 Å². The average Bonchev–Trinajstić information content (AvgIpc) is 2.49. The summed E-state index contributed by atoms with van der Waals surface area (Å²) >= 11 is 0. The van der Waals surface area contributed by atoms with E-state index in [1.165, 1.54) is 24.8 Å². The third kappa shape index (κ3) is 8.14. The van der Waals surface area contributed by atoms with Crippen LogP contribution in [-0.4, -0.2) is 0 Å². The Labute approximate surface area is 160 Å². The van der Waals surface area contributed by atoms with Crippen LogP contribution in [0.25, 0.3) is 0 Å². The summed E-state index contributed by atoms with van der Waals surface area (Å²) in [6.07, 6.45) is 6.20. The molecule has 4 atom stereocenters. The van der Waals surface area contributed by atoms with Gasteiger partial charge in [-0.05, 0) is 82.0 Å². The minimum Gasteiger partial charge on any atom is -0.0828 e. The molecule has 4 unspecified atom stereocenters. The van der Waals surface area contributed by atoms with E-state index in [0.717, 1.165) is 23.7 Å². The van der Waals surface area contributed by atoms with Gasteiger partial charge >= 0.3 is 0 Å². The Morgan fingerprint density at radius 2 is 1.40 bits per heavy atom. The van der Waals surface area contributed by atoms with Crippen LogP contribution in [0.5, 0.6) is 0 Å². The summed E-state index contributed by atoms with van der Waals surface area (Å²) in [7, 11) is 0. The Bertz CT molecular complexity index is 443. The minimum absolute atomic E-state index is 0.356. The smallest absolute Gasteiger partial charge is 0.0234 e. The number of hydrogen-bond donors (Lipinski definition) is 0. The Kier molecular flexibility index (Phi) is 10.4. The van der Waals surface area contributed by atoms with Crippen molar-refractivity contribution in [1.82, 2.24) is 0 Å². The Morgan fingerprint density at radius 1 is 0.880 bits per heavy atom. The van der Waals surface area contributed by atoms with E-state index in [1.807, 2.05) is 0 Å². The van der Waals surface area contributed by atoms with Crippen LogP contribution in [0.15, 0.2) is 22.8 Å². The van der Waals surface area contributed by atoms with Crippen molar-refractivity contribution < 1.29 is 0 Å². The standard InChI is InChI=1S/C25H48/c1-13-19(6)22(9)16-25(11,12)23(10)24(18(4)5)15-21(8)20(7)14-17(2)3/h14,18,20-21,23-24H,13,15-16H2,1-12H3. The molecular formula is C25H48. The molecule has 0 aliphatic rings. The summed E-state index contributed by atoms with van der Waals surface area (Å²) in [4.78, 5) is 0. The fourth-order valence-corrected chi connectivity index (χ4v) is 4.26. The van der Waals surface area contributed by atoms with Gasteiger partial charge in [-0.2, -0.15) is 0 Å². The van der Waals surface area contributed by atoms with Crippen LogP contribution in [0.2, 0.25) is 0 Å². The van der Waals surface area contributed by atoms with Crippen molar-refractivity contribution in [3.05, 3.63) is 22.8 Å². The van der Waals surface area contributed by atoms with Gasteiger partial charge in [0.25, 0.3) is 0 Å². The summed E-state index contributed by atoms with van der Waals surface area (Å²) < 4.78 is 0. The largest absolute Gasteiger partial charge is 0.0828 e. The van der Waals surface area contributed by atoms with Crippen LogP contribution in [0.3, 0.4) is 0 Å². The Balaban J connectivity index is 5.28. The first-order chi connectivity index (χ1) is 11.3. The van der Waals surface area contributed by atoms with Crippen molar-refractivity contribution in [2.45, 2.75) is 102 Å². The number of rotatable bonds is 10. The summed E-state index contributed by atoms with van der Waals surface area (Å²) in [6, 6.07) is 0. The maximum Gasteiger partial charge on any atom is -0.0234 e. The van der Waals surface area contributed by atoms with Gasteiger partial charge < -0.3 is 0 Å². The van der Waals surface area contributed by atoms with E-state index in [0.29, 0.717) is 11.3 Å². The molecule has 0 aliphatic carbocycles. The highest BCUT2D eigenvalue weighted by atomic mass is 14.4. The quantitative estimate of drug-likeness (QED) is 0.346. The molecule has 0 bridgehead atoms. The predicted molar refractivity (Wildman–Crippen MR) is 117 cm³/mol. The van der Waals surface area contributed by atoms with Crippen LogP contribution in [-0.2, 0) is 0 Å². The molecule has 0 spiro atoms. The van der Waals surface area contributed by atoms with Gasteiger partial charge in [0.05, 0.1) is 0 Å². The highest BCUT2D eigenvalue weighted by molar-refractivity contribution is 5.11. The van der Waals surface area contributed by atoms with Crippen LogP contribution in [0.1, 0.15) is 102 Å². The topological polar surface area (TPSA) is 0 Å². The maximum atomic E-state index is 2.51. The van der Waals surface area contributed by atoms with Gasteiger partial charge in [0.2, 0.25) is 0 Å². The van der Waals surface area contributed by atoms with Gasteiger partial charge in [0.15, 0.2) is 0 Å². The minimum atomic E-state index is 0.356. The van der Waals surface area contributed by atoms with E-state index in [-0.39, 0.29) is 0 Å². The molecule has 0 aromatic heterocycles. The molecular weight excluding hydrogens is 300 g/mol. The molecule has 148 valence electrons. The van der Waals surface area contributed by atoms with E-state index in [9.17, 15) is 0 Å². The fraction of sp³-hybridized carbons (Fsp3) is 0.840. The molecule has 0 aromatic rings. The van der Waals surface area contributed by atoms with Crippen molar-refractivity contribution in [2.75, 3.05) is 0 Å². The molecule has 0 saturated heterocycles. The van der Waals surface area contributed by atoms with Crippen molar-refractivity contribution in [3.63, 3.8) is 0 Å². The van der Waals surface area contributed by atoms with E-state index < -0.39 is 0 Å². The fourth-order valence-electron chi connectivity index (χ4n) is 4.26. The second-order valence-corrected chi connectivity index (χ2v) is 10.1. The first-order valence-electron chi connectivity index (χ1n) is 10.6. The molecule has 0 N–H and O–H groups in total. The molecule has 0 fully saturated rings. The van der Waals surface area contributed by atoms with Gasteiger partial charge in [0, 0.05) is 0 Å². The molecule has 0 heterocycles. The van der Waals surface area contributed by atoms with Crippen LogP contribution in [0.4, 0.5) is 0 Å². The molecule has 0 radical (unpaired) electrons. The molecule has 25 heavy (non-hydrogen) atoms. The lowest BCUT2D eigenvalue weighted by Crippen LogP contribution is -2.33. The summed E-state index contributed by atoms with van der Waals surface area (Å²) in [5.41, 5.74) is 4.99. The van der Waals surface area contributed by atoms with Crippen LogP contribution >= 0.6 is 0 Å². The highest BCUT2D eigenvalue weighted by Crippen LogP contribution is 2.44. The maximum absolute atomic E-state index is 2.51. The van der Waals surface area contributed by atoms with Gasteiger partial charge in [0.1, 0.15) is 0 Å². The lowest BCUT2D eigenvalue weighted by Gasteiger charge is -2.41. The zero-order valence-electron chi connectivity index (χ0n) is 19.6. The van der Waals surface area contributed by atoms with Crippen LogP contribution < -0.4 is 0 Å². The third-order valence-corrected chi connectivity index (χ3v) is 6.85. The van der Waals surface area contributed by atoms with E-state index >= 15 is 0 Å². The van der Waals surface area contributed by atoms with Crippen molar-refractivity contribution >= 4 is 0 Å². The van der Waals surface area contributed by atoms with Gasteiger partial charge in [-0.25, -0.2) is 0 Å². The van der Waals surface area contributed by atoms with Crippen LogP contribution in [0, 0.1) is 35.0 Å². The second kappa shape index (κ2) is 10.6. The lowest BCUT2D eigenvalue weighted by molar-refractivity contribution is 0.0971. The molecule has 0 rings (SSSR count). The SMILES string of the molecule is CCC(C)=C(C)CC(C)(C)C(C)C(CC(C)C(C)C=C(C)C)C(C)C. The lowest BCUT2D eigenvalue weighted by atomic mass is 9.64. The first kappa shape index (κ1) is 24.5. The highest BCUT2D eigenvalue weighted by Gasteiger charge is 2.35. The molecule has 0 aromatic carbocycles. The number of allylic oxidation sites excluding steroid dienone is 4. The Morgan fingerprint density at radius 3 is 1.80 bits per heavy atom. The van der Waals surface area contributed by atoms with Gasteiger partial charge in [-0.15, -0.1) is 0 Å². The van der Waals surface area contributed by atoms with Crippen molar-refractivity contribution in [1.29, 1.82) is 0 Å². The van der Waals surface area contributed by atoms with E-state index in [2.05, 4.69) is 89.2 Å². The zero-order valence-corrected chi connectivity index (χ0v) is 19.6. The normalized spacial score (nSPS) is 18.4. The van der Waals surface area contributed by atoms with E-state index in [1.54, 1.807) is 11.1 Å². The van der Waals surface area contributed by atoms with E-state index in [4.69, 9.17) is 0 Å². The third-order valence-electron chi connectivity index (χ3n) is 6.85.